The van der Waals surface area contributed by atoms with Gasteiger partial charge in [-0.25, -0.2) is 9.59 Å². The van der Waals surface area contributed by atoms with Gasteiger partial charge < -0.3 is 19.7 Å². The van der Waals surface area contributed by atoms with Gasteiger partial charge in [0.25, 0.3) is 0 Å². The summed E-state index contributed by atoms with van der Waals surface area (Å²) in [5, 5.41) is 2.91. The average molecular weight is 362 g/mol. The molecule has 1 fully saturated rings. The zero-order valence-electron chi connectivity index (χ0n) is 16.4. The molecule has 0 spiro atoms. The fraction of sp³-hybridized carbons (Fsp3) is 0.600. The molecule has 0 radical (unpaired) electrons. The summed E-state index contributed by atoms with van der Waals surface area (Å²) in [5.41, 5.74) is 0.0212. The van der Waals surface area contributed by atoms with Gasteiger partial charge in [0, 0.05) is 18.1 Å². The second-order valence-electron chi connectivity index (χ2n) is 8.34. The number of hydrogen-bond donors (Lipinski definition) is 1. The van der Waals surface area contributed by atoms with E-state index in [1.165, 1.54) is 0 Å². The standard InChI is InChI=1S/C20H30N2O4/c1-19(2,3)26-17(23)21-16-11-12-22(20(4,5)13-16)18(24)25-14-15-9-7-6-8-10-15/h6-10,16H,11-14H2,1-5H3,(H,21,23). The van der Waals surface area contributed by atoms with Gasteiger partial charge in [0.1, 0.15) is 12.2 Å². The third-order valence-corrected chi connectivity index (χ3v) is 4.32. The van der Waals surface area contributed by atoms with Crippen molar-refractivity contribution in [1.82, 2.24) is 10.2 Å². The maximum absolute atomic E-state index is 12.5. The maximum Gasteiger partial charge on any atom is 0.410 e. The van der Waals surface area contributed by atoms with Crippen LogP contribution in [0, 0.1) is 0 Å². The van der Waals surface area contributed by atoms with Gasteiger partial charge in [-0.05, 0) is 53.0 Å². The molecule has 1 aliphatic rings. The van der Waals surface area contributed by atoms with Crippen LogP contribution in [0.5, 0.6) is 0 Å². The number of hydrogen-bond acceptors (Lipinski definition) is 4. The third kappa shape index (κ3) is 5.93. The normalized spacial score (nSPS) is 19.6. The number of piperidine rings is 1. The first kappa shape index (κ1) is 20.1. The predicted octanol–water partition coefficient (Wildman–Crippen LogP) is 4.09. The maximum atomic E-state index is 12.5. The quantitative estimate of drug-likeness (QED) is 0.879. The number of nitrogens with one attached hydrogen (secondary N) is 1. The first-order valence-electron chi connectivity index (χ1n) is 9.05. The molecule has 0 saturated carbocycles. The number of amides is 2. The number of rotatable bonds is 3. The van der Waals surface area contributed by atoms with Crippen LogP contribution in [0.3, 0.4) is 0 Å². The van der Waals surface area contributed by atoms with Crippen molar-refractivity contribution in [2.45, 2.75) is 71.2 Å². The van der Waals surface area contributed by atoms with Crippen molar-refractivity contribution < 1.29 is 19.1 Å². The molecule has 6 heteroatoms. The predicted molar refractivity (Wildman–Crippen MR) is 99.8 cm³/mol. The Bertz CT molecular complexity index is 622. The van der Waals surface area contributed by atoms with Gasteiger partial charge in [0.2, 0.25) is 0 Å². The van der Waals surface area contributed by atoms with Crippen molar-refractivity contribution in [3.05, 3.63) is 35.9 Å². The van der Waals surface area contributed by atoms with Gasteiger partial charge in [0.15, 0.2) is 0 Å². The summed E-state index contributed by atoms with van der Waals surface area (Å²) in [6, 6.07) is 9.59. The molecule has 6 nitrogen and oxygen atoms in total. The lowest BCUT2D eigenvalue weighted by Crippen LogP contribution is -2.57. The van der Waals surface area contributed by atoms with E-state index in [4.69, 9.17) is 9.47 Å². The van der Waals surface area contributed by atoms with Gasteiger partial charge in [-0.15, -0.1) is 0 Å². The van der Waals surface area contributed by atoms with Crippen LogP contribution in [0.2, 0.25) is 0 Å². The van der Waals surface area contributed by atoms with Crippen molar-refractivity contribution in [1.29, 1.82) is 0 Å². The molecule has 1 N–H and O–H groups in total. The smallest absolute Gasteiger partial charge is 0.410 e. The van der Waals surface area contributed by atoms with Crippen LogP contribution in [-0.4, -0.2) is 40.8 Å². The van der Waals surface area contributed by atoms with Crippen molar-refractivity contribution in [3.63, 3.8) is 0 Å². The summed E-state index contributed by atoms with van der Waals surface area (Å²) >= 11 is 0. The fourth-order valence-electron chi connectivity index (χ4n) is 3.14. The molecular weight excluding hydrogens is 332 g/mol. The van der Waals surface area contributed by atoms with E-state index in [-0.39, 0.29) is 18.7 Å². The molecule has 0 aromatic heterocycles. The number of benzene rings is 1. The Morgan fingerprint density at radius 3 is 2.46 bits per heavy atom. The lowest BCUT2D eigenvalue weighted by atomic mass is 9.87. The molecule has 0 bridgehead atoms. The SMILES string of the molecule is CC(C)(C)OC(=O)NC1CCN(C(=O)OCc2ccccc2)C(C)(C)C1. The van der Waals surface area contributed by atoms with E-state index >= 15 is 0 Å². The van der Waals surface area contributed by atoms with Crippen molar-refractivity contribution in [2.75, 3.05) is 6.54 Å². The highest BCUT2D eigenvalue weighted by Gasteiger charge is 2.39. The van der Waals surface area contributed by atoms with Crippen LogP contribution < -0.4 is 5.32 Å². The van der Waals surface area contributed by atoms with E-state index in [0.29, 0.717) is 19.4 Å². The molecule has 1 aliphatic heterocycles. The van der Waals surface area contributed by atoms with Gasteiger partial charge in [-0.2, -0.15) is 0 Å². The molecule has 1 atom stereocenters. The van der Waals surface area contributed by atoms with E-state index < -0.39 is 17.2 Å². The number of carbonyl (C=O) groups is 2. The second-order valence-corrected chi connectivity index (χ2v) is 8.34. The Balaban J connectivity index is 1.87. The van der Waals surface area contributed by atoms with Crippen LogP contribution in [-0.2, 0) is 16.1 Å². The molecule has 1 heterocycles. The number of likely N-dealkylation sites (tertiary alicyclic amines) is 1. The topological polar surface area (TPSA) is 67.9 Å². The Kier molecular flexibility index (Phi) is 6.16. The highest BCUT2D eigenvalue weighted by atomic mass is 16.6. The van der Waals surface area contributed by atoms with Crippen LogP contribution >= 0.6 is 0 Å². The molecule has 144 valence electrons. The highest BCUT2D eigenvalue weighted by Crippen LogP contribution is 2.28. The van der Waals surface area contributed by atoms with E-state index in [1.54, 1.807) is 4.90 Å². The zero-order valence-corrected chi connectivity index (χ0v) is 16.4. The van der Waals surface area contributed by atoms with E-state index in [9.17, 15) is 9.59 Å². The molecule has 1 saturated heterocycles. The van der Waals surface area contributed by atoms with Crippen molar-refractivity contribution in [2.24, 2.45) is 0 Å². The minimum atomic E-state index is -0.526. The summed E-state index contributed by atoms with van der Waals surface area (Å²) in [6.07, 6.45) is 0.573. The van der Waals surface area contributed by atoms with Crippen molar-refractivity contribution >= 4 is 12.2 Å². The minimum Gasteiger partial charge on any atom is -0.445 e. The van der Waals surface area contributed by atoms with Gasteiger partial charge in [-0.3, -0.25) is 0 Å². The Morgan fingerprint density at radius 2 is 1.88 bits per heavy atom. The van der Waals surface area contributed by atoms with E-state index in [2.05, 4.69) is 5.32 Å². The summed E-state index contributed by atoms with van der Waals surface area (Å²) in [4.78, 5) is 26.2. The molecule has 0 aliphatic carbocycles. The molecular formula is C20H30N2O4. The lowest BCUT2D eigenvalue weighted by Gasteiger charge is -2.44. The van der Waals surface area contributed by atoms with Crippen LogP contribution in [0.25, 0.3) is 0 Å². The first-order valence-corrected chi connectivity index (χ1v) is 9.05. The van der Waals surface area contributed by atoms with E-state index in [1.807, 2.05) is 65.0 Å². The number of alkyl carbamates (subject to hydrolysis) is 1. The largest absolute Gasteiger partial charge is 0.445 e. The minimum absolute atomic E-state index is 0.0296. The molecule has 1 aromatic rings. The average Bonchev–Trinajstić information content (AvgIpc) is 2.51. The first-order chi connectivity index (χ1) is 12.1. The molecule has 1 aromatic carbocycles. The fourth-order valence-corrected chi connectivity index (χ4v) is 3.14. The molecule has 1 unspecified atom stereocenters. The summed E-state index contributed by atoms with van der Waals surface area (Å²) in [5.74, 6) is 0. The second kappa shape index (κ2) is 7.98. The molecule has 26 heavy (non-hydrogen) atoms. The Hall–Kier alpha value is -2.24. The van der Waals surface area contributed by atoms with Gasteiger partial charge >= 0.3 is 12.2 Å². The summed E-state index contributed by atoms with van der Waals surface area (Å²) in [6.45, 7) is 10.3. The highest BCUT2D eigenvalue weighted by molar-refractivity contribution is 5.70. The summed E-state index contributed by atoms with van der Waals surface area (Å²) in [7, 11) is 0. The lowest BCUT2D eigenvalue weighted by molar-refractivity contribution is 0.0237. The Morgan fingerprint density at radius 1 is 1.23 bits per heavy atom. The van der Waals surface area contributed by atoms with Crippen LogP contribution in [0.4, 0.5) is 9.59 Å². The Labute approximate surface area is 155 Å². The van der Waals surface area contributed by atoms with Crippen molar-refractivity contribution in [3.8, 4) is 0 Å². The molecule has 2 rings (SSSR count). The number of carbonyl (C=O) groups excluding carboxylic acids is 2. The third-order valence-electron chi connectivity index (χ3n) is 4.32. The molecule has 2 amide bonds. The number of nitrogens with zero attached hydrogens (tertiary/aromatic N) is 1. The van der Waals surface area contributed by atoms with Gasteiger partial charge in [0.05, 0.1) is 0 Å². The van der Waals surface area contributed by atoms with Crippen LogP contribution in [0.15, 0.2) is 30.3 Å². The van der Waals surface area contributed by atoms with Gasteiger partial charge in [-0.1, -0.05) is 30.3 Å². The monoisotopic (exact) mass is 362 g/mol. The zero-order chi connectivity index (χ0) is 19.4. The van der Waals surface area contributed by atoms with Crippen LogP contribution in [0.1, 0.15) is 53.0 Å². The summed E-state index contributed by atoms with van der Waals surface area (Å²) < 4.78 is 10.8. The van der Waals surface area contributed by atoms with E-state index in [0.717, 1.165) is 5.56 Å². The number of ether oxygens (including phenoxy) is 2.